The summed E-state index contributed by atoms with van der Waals surface area (Å²) in [5.74, 6) is 0.338. The Hall–Kier alpha value is -1.82. The van der Waals surface area contributed by atoms with Crippen LogP contribution in [0.3, 0.4) is 0 Å². The molecule has 0 fully saturated rings. The number of anilines is 1. The zero-order valence-corrected chi connectivity index (χ0v) is 12.6. The average Bonchev–Trinajstić information content (AvgIpc) is 2.79. The highest BCUT2D eigenvalue weighted by molar-refractivity contribution is 6.32. The summed E-state index contributed by atoms with van der Waals surface area (Å²) >= 11 is 6.10. The van der Waals surface area contributed by atoms with Crippen LogP contribution in [0.1, 0.15) is 19.5 Å². The van der Waals surface area contributed by atoms with Crippen LogP contribution >= 0.6 is 11.6 Å². The van der Waals surface area contributed by atoms with Crippen LogP contribution in [0, 0.1) is 5.92 Å². The van der Waals surface area contributed by atoms with Crippen LogP contribution in [0.5, 0.6) is 0 Å². The van der Waals surface area contributed by atoms with Crippen molar-refractivity contribution in [1.29, 1.82) is 0 Å². The predicted molar refractivity (Wildman–Crippen MR) is 78.9 cm³/mol. The second-order valence-electron chi connectivity index (χ2n) is 5.05. The standard InChI is InChI=1S/C13H18ClN5O/c1-9(2)8-19-13(20)12(14)11(7-17-19)15-6-10-4-5-16-18(10)3/h4-5,7,9,15H,6,8H2,1-3H3. The van der Waals surface area contributed by atoms with Gasteiger partial charge in [-0.3, -0.25) is 9.48 Å². The van der Waals surface area contributed by atoms with E-state index in [9.17, 15) is 4.79 Å². The van der Waals surface area contributed by atoms with E-state index in [2.05, 4.69) is 15.5 Å². The Labute approximate surface area is 122 Å². The summed E-state index contributed by atoms with van der Waals surface area (Å²) in [5, 5.41) is 11.5. The van der Waals surface area contributed by atoms with Crippen LogP contribution in [-0.4, -0.2) is 19.6 Å². The number of hydrogen-bond acceptors (Lipinski definition) is 4. The zero-order valence-electron chi connectivity index (χ0n) is 11.8. The van der Waals surface area contributed by atoms with Crippen molar-refractivity contribution in [3.63, 3.8) is 0 Å². The monoisotopic (exact) mass is 295 g/mol. The first-order chi connectivity index (χ1) is 9.49. The Bertz CT molecular complexity index is 646. The number of hydrogen-bond donors (Lipinski definition) is 1. The average molecular weight is 296 g/mol. The van der Waals surface area contributed by atoms with Crippen molar-refractivity contribution >= 4 is 17.3 Å². The van der Waals surface area contributed by atoms with Crippen LogP contribution in [0.4, 0.5) is 5.69 Å². The van der Waals surface area contributed by atoms with Crippen molar-refractivity contribution in [3.05, 3.63) is 39.5 Å². The summed E-state index contributed by atoms with van der Waals surface area (Å²) in [6, 6.07) is 1.90. The molecule has 2 rings (SSSR count). The molecule has 0 bridgehead atoms. The first-order valence-corrected chi connectivity index (χ1v) is 6.83. The molecule has 0 aromatic carbocycles. The van der Waals surface area contributed by atoms with Gasteiger partial charge < -0.3 is 5.32 Å². The van der Waals surface area contributed by atoms with Gasteiger partial charge in [-0.1, -0.05) is 25.4 Å². The van der Waals surface area contributed by atoms with Gasteiger partial charge in [0.2, 0.25) is 0 Å². The summed E-state index contributed by atoms with van der Waals surface area (Å²) in [7, 11) is 1.86. The highest BCUT2D eigenvalue weighted by Gasteiger charge is 2.10. The molecule has 2 aromatic heterocycles. The first-order valence-electron chi connectivity index (χ1n) is 6.45. The third-order valence-electron chi connectivity index (χ3n) is 2.91. The van der Waals surface area contributed by atoms with Crippen molar-refractivity contribution in [2.75, 3.05) is 5.32 Å². The van der Waals surface area contributed by atoms with Crippen LogP contribution in [0.25, 0.3) is 0 Å². The smallest absolute Gasteiger partial charge is 0.287 e. The van der Waals surface area contributed by atoms with Gasteiger partial charge in [0.15, 0.2) is 0 Å². The Morgan fingerprint density at radius 2 is 2.15 bits per heavy atom. The highest BCUT2D eigenvalue weighted by atomic mass is 35.5. The molecular weight excluding hydrogens is 278 g/mol. The van der Waals surface area contributed by atoms with Crippen molar-refractivity contribution in [3.8, 4) is 0 Å². The molecule has 2 heterocycles. The van der Waals surface area contributed by atoms with E-state index in [0.29, 0.717) is 24.7 Å². The van der Waals surface area contributed by atoms with E-state index in [0.717, 1.165) is 5.69 Å². The van der Waals surface area contributed by atoms with E-state index in [1.807, 2.05) is 27.0 Å². The summed E-state index contributed by atoms with van der Waals surface area (Å²) < 4.78 is 3.15. The summed E-state index contributed by atoms with van der Waals surface area (Å²) in [5.41, 5.74) is 1.26. The maximum Gasteiger partial charge on any atom is 0.287 e. The summed E-state index contributed by atoms with van der Waals surface area (Å²) in [6.07, 6.45) is 3.31. The van der Waals surface area contributed by atoms with E-state index < -0.39 is 0 Å². The lowest BCUT2D eigenvalue weighted by Gasteiger charge is -2.11. The molecule has 6 nitrogen and oxygen atoms in total. The number of nitrogens with one attached hydrogen (secondary N) is 1. The molecule has 0 radical (unpaired) electrons. The van der Waals surface area contributed by atoms with Gasteiger partial charge >= 0.3 is 0 Å². The van der Waals surface area contributed by atoms with Gasteiger partial charge in [-0.15, -0.1) is 0 Å². The number of nitrogens with zero attached hydrogens (tertiary/aromatic N) is 4. The summed E-state index contributed by atoms with van der Waals surface area (Å²) in [6.45, 7) is 5.14. The van der Waals surface area contributed by atoms with Crippen molar-refractivity contribution in [1.82, 2.24) is 19.6 Å². The second kappa shape index (κ2) is 6.09. The molecule has 0 saturated carbocycles. The Kier molecular flexibility index (Phi) is 4.44. The minimum atomic E-state index is -0.268. The molecular formula is C13H18ClN5O. The van der Waals surface area contributed by atoms with Gasteiger partial charge in [0.25, 0.3) is 5.56 Å². The number of rotatable bonds is 5. The molecule has 0 unspecified atom stereocenters. The molecule has 2 aromatic rings. The second-order valence-corrected chi connectivity index (χ2v) is 5.43. The fourth-order valence-corrected chi connectivity index (χ4v) is 2.04. The Balaban J connectivity index is 2.15. The molecule has 20 heavy (non-hydrogen) atoms. The molecule has 108 valence electrons. The Morgan fingerprint density at radius 1 is 1.40 bits per heavy atom. The third-order valence-corrected chi connectivity index (χ3v) is 3.27. The molecule has 0 aliphatic heterocycles. The minimum absolute atomic E-state index is 0.169. The van der Waals surface area contributed by atoms with Gasteiger partial charge in [-0.05, 0) is 12.0 Å². The molecule has 1 N–H and O–H groups in total. The molecule has 0 amide bonds. The fraction of sp³-hybridized carbons (Fsp3) is 0.462. The normalized spacial score (nSPS) is 11.1. The minimum Gasteiger partial charge on any atom is -0.377 e. The van der Waals surface area contributed by atoms with Gasteiger partial charge in [0.1, 0.15) is 5.02 Å². The molecule has 0 aliphatic rings. The predicted octanol–water partition coefficient (Wildman–Crippen LogP) is 1.90. The highest BCUT2D eigenvalue weighted by Crippen LogP contribution is 2.16. The van der Waals surface area contributed by atoms with E-state index >= 15 is 0 Å². The summed E-state index contributed by atoms with van der Waals surface area (Å²) in [4.78, 5) is 12.1. The van der Waals surface area contributed by atoms with E-state index in [1.54, 1.807) is 17.1 Å². The topological polar surface area (TPSA) is 64.7 Å². The number of halogens is 1. The first kappa shape index (κ1) is 14.6. The van der Waals surface area contributed by atoms with Crippen LogP contribution in [-0.2, 0) is 20.1 Å². The fourth-order valence-electron chi connectivity index (χ4n) is 1.82. The SMILES string of the molecule is CC(C)Cn1ncc(NCc2ccnn2C)c(Cl)c1=O. The van der Waals surface area contributed by atoms with Crippen molar-refractivity contribution < 1.29 is 0 Å². The molecule has 0 saturated heterocycles. The van der Waals surface area contributed by atoms with Crippen molar-refractivity contribution in [2.24, 2.45) is 13.0 Å². The maximum absolute atomic E-state index is 12.1. The van der Waals surface area contributed by atoms with E-state index in [-0.39, 0.29) is 10.6 Å². The molecule has 0 atom stereocenters. The van der Waals surface area contributed by atoms with Gasteiger partial charge in [0.05, 0.1) is 24.1 Å². The van der Waals surface area contributed by atoms with Crippen LogP contribution in [0.15, 0.2) is 23.3 Å². The molecule has 0 spiro atoms. The molecule has 7 heteroatoms. The number of aromatic nitrogens is 4. The van der Waals surface area contributed by atoms with Crippen LogP contribution in [0.2, 0.25) is 5.02 Å². The number of aryl methyl sites for hydroxylation is 1. The van der Waals surface area contributed by atoms with Gasteiger partial charge in [-0.2, -0.15) is 10.2 Å². The quantitative estimate of drug-likeness (QED) is 0.915. The largest absolute Gasteiger partial charge is 0.377 e. The van der Waals surface area contributed by atoms with Gasteiger partial charge in [0, 0.05) is 19.8 Å². The Morgan fingerprint density at radius 3 is 2.75 bits per heavy atom. The lowest BCUT2D eigenvalue weighted by Crippen LogP contribution is -2.26. The lowest BCUT2D eigenvalue weighted by atomic mass is 10.2. The maximum atomic E-state index is 12.1. The third kappa shape index (κ3) is 3.19. The molecule has 0 aliphatic carbocycles. The zero-order chi connectivity index (χ0) is 14.7. The van der Waals surface area contributed by atoms with Gasteiger partial charge in [-0.25, -0.2) is 4.68 Å². The van der Waals surface area contributed by atoms with E-state index in [1.165, 1.54) is 4.68 Å². The van der Waals surface area contributed by atoms with E-state index in [4.69, 9.17) is 11.6 Å². The van der Waals surface area contributed by atoms with Crippen LogP contribution < -0.4 is 10.9 Å². The van der Waals surface area contributed by atoms with Crippen molar-refractivity contribution in [2.45, 2.75) is 26.9 Å². The lowest BCUT2D eigenvalue weighted by molar-refractivity contribution is 0.464.